The Morgan fingerprint density at radius 2 is 0.900 bits per heavy atom. The van der Waals surface area contributed by atoms with Crippen LogP contribution in [0.25, 0.3) is 21.5 Å². The molecule has 5 aromatic carbocycles. The first-order valence-corrected chi connectivity index (χ1v) is 10.9. The molecule has 0 bridgehead atoms. The van der Waals surface area contributed by atoms with E-state index in [4.69, 9.17) is 14.0 Å². The highest BCUT2D eigenvalue weighted by atomic mass is 19.2. The van der Waals surface area contributed by atoms with Crippen LogP contribution in [0.5, 0.6) is 17.2 Å². The van der Waals surface area contributed by atoms with Gasteiger partial charge in [-0.2, -0.15) is 4.39 Å². The Morgan fingerprint density at radius 3 is 1.55 bits per heavy atom. The summed E-state index contributed by atoms with van der Waals surface area (Å²) < 4.78 is 157. The monoisotopic (exact) mass is 570 g/mol. The topological polar surface area (TPSA) is 27.7 Å². The van der Waals surface area contributed by atoms with Crippen LogP contribution in [0, 0.1) is 58.2 Å². The molecule has 0 saturated heterocycles. The smallest absolute Gasteiger partial charge is 0.489 e. The summed E-state index contributed by atoms with van der Waals surface area (Å²) in [6, 6.07) is 5.58. The van der Waals surface area contributed by atoms with Crippen molar-refractivity contribution in [3.05, 3.63) is 113 Å². The van der Waals surface area contributed by atoms with E-state index in [0.29, 0.717) is 36.4 Å². The second-order valence-corrected chi connectivity index (χ2v) is 8.10. The molecular weight excluding hydrogens is 561 g/mol. The van der Waals surface area contributed by atoms with Gasteiger partial charge in [-0.1, -0.05) is 0 Å². The third kappa shape index (κ3) is 4.59. The predicted octanol–water partition coefficient (Wildman–Crippen LogP) is 7.91. The molecule has 0 spiro atoms. The van der Waals surface area contributed by atoms with Crippen molar-refractivity contribution >= 4 is 28.9 Å². The molecular formula is C26H9BF10O3. The lowest BCUT2D eigenvalue weighted by atomic mass is 10.1. The fourth-order valence-electron chi connectivity index (χ4n) is 3.85. The maximum atomic E-state index is 14.4. The van der Waals surface area contributed by atoms with Crippen molar-refractivity contribution in [1.82, 2.24) is 0 Å². The largest absolute Gasteiger partial charge is 0.864 e. The van der Waals surface area contributed by atoms with E-state index in [0.717, 1.165) is 18.2 Å². The van der Waals surface area contributed by atoms with Crippen LogP contribution in [0.1, 0.15) is 0 Å². The zero-order chi connectivity index (χ0) is 28.9. The van der Waals surface area contributed by atoms with Gasteiger partial charge in [-0.25, -0.2) is 39.5 Å². The van der Waals surface area contributed by atoms with Crippen molar-refractivity contribution in [2.45, 2.75) is 0 Å². The van der Waals surface area contributed by atoms with Gasteiger partial charge in [0.2, 0.25) is 5.82 Å². The SMILES string of the molecule is Fc1ccc(F)c(OB(Oc2ccc(F)c3c(F)c(F)ccc23)Oc2ccc(F)c3c(F)c(F)c(F)cc23)c1F. The summed E-state index contributed by atoms with van der Waals surface area (Å²) in [5, 5.41) is -3.14. The van der Waals surface area contributed by atoms with E-state index in [1.54, 1.807) is 0 Å². The second kappa shape index (κ2) is 10.2. The van der Waals surface area contributed by atoms with Crippen molar-refractivity contribution in [1.29, 1.82) is 0 Å². The zero-order valence-electron chi connectivity index (χ0n) is 19.3. The lowest BCUT2D eigenvalue weighted by molar-refractivity contribution is 0.291. The first-order valence-electron chi connectivity index (χ1n) is 10.9. The van der Waals surface area contributed by atoms with E-state index < -0.39 is 104 Å². The molecule has 204 valence electrons. The summed E-state index contributed by atoms with van der Waals surface area (Å²) in [4.78, 5) is 0. The molecule has 0 radical (unpaired) electrons. The van der Waals surface area contributed by atoms with Gasteiger partial charge in [-0.3, -0.25) is 0 Å². The summed E-state index contributed by atoms with van der Waals surface area (Å²) in [5.74, 6) is -18.9. The molecule has 5 rings (SSSR count). The quantitative estimate of drug-likeness (QED) is 0.0900. The lowest BCUT2D eigenvalue weighted by Gasteiger charge is -2.19. The summed E-state index contributed by atoms with van der Waals surface area (Å²) >= 11 is 0. The Hall–Kier alpha value is -4.62. The molecule has 0 aliphatic carbocycles. The standard InChI is InChI=1S/C26H9BF10O3/c28-12-5-7-18(10-1-2-14(30)22(34)20(10)12)38-27(40-26-16(32)4-3-15(31)24(26)36)39-19-8-6-13(29)21-11(19)9-17(33)23(35)25(21)37/h1-9H. The fourth-order valence-corrected chi connectivity index (χ4v) is 3.85. The number of fused-ring (bicyclic) bond motifs is 2. The van der Waals surface area contributed by atoms with Gasteiger partial charge in [-0.05, 0) is 54.6 Å². The molecule has 3 nitrogen and oxygen atoms in total. The fraction of sp³-hybridized carbons (Fsp3) is 0. The first-order chi connectivity index (χ1) is 19.0. The van der Waals surface area contributed by atoms with Crippen molar-refractivity contribution in [3.63, 3.8) is 0 Å². The first kappa shape index (κ1) is 27.0. The Bertz CT molecular complexity index is 1810. The molecule has 0 fully saturated rings. The molecule has 0 heterocycles. The minimum Gasteiger partial charge on any atom is -0.489 e. The third-order valence-corrected chi connectivity index (χ3v) is 5.69. The van der Waals surface area contributed by atoms with Gasteiger partial charge in [0.05, 0.1) is 10.8 Å². The Kier molecular flexibility index (Phi) is 6.86. The highest BCUT2D eigenvalue weighted by Crippen LogP contribution is 2.35. The predicted molar refractivity (Wildman–Crippen MR) is 122 cm³/mol. The van der Waals surface area contributed by atoms with Crippen molar-refractivity contribution in [2.75, 3.05) is 0 Å². The van der Waals surface area contributed by atoms with Crippen LogP contribution in [-0.4, -0.2) is 7.32 Å². The maximum absolute atomic E-state index is 14.4. The minimum absolute atomic E-state index is 0.345. The van der Waals surface area contributed by atoms with E-state index >= 15 is 0 Å². The molecule has 0 aliphatic heterocycles. The molecule has 40 heavy (non-hydrogen) atoms. The van der Waals surface area contributed by atoms with Crippen LogP contribution in [0.2, 0.25) is 0 Å². The maximum Gasteiger partial charge on any atom is 0.864 e. The van der Waals surface area contributed by atoms with Crippen LogP contribution >= 0.6 is 0 Å². The number of benzene rings is 5. The van der Waals surface area contributed by atoms with Crippen LogP contribution < -0.4 is 14.0 Å². The summed E-state index contributed by atoms with van der Waals surface area (Å²) in [6.07, 6.45) is 0. The van der Waals surface area contributed by atoms with Gasteiger partial charge < -0.3 is 14.0 Å². The molecule has 0 amide bonds. The van der Waals surface area contributed by atoms with E-state index in [9.17, 15) is 43.9 Å². The Balaban J connectivity index is 1.66. The third-order valence-electron chi connectivity index (χ3n) is 5.69. The number of halogens is 10. The average Bonchev–Trinajstić information content (AvgIpc) is 2.92. The highest BCUT2D eigenvalue weighted by molar-refractivity contribution is 6.40. The molecule has 0 aromatic heterocycles. The summed E-state index contributed by atoms with van der Waals surface area (Å²) in [5.41, 5.74) is 0. The summed E-state index contributed by atoms with van der Waals surface area (Å²) in [6.45, 7) is 0. The van der Waals surface area contributed by atoms with Gasteiger partial charge in [0, 0.05) is 10.8 Å². The van der Waals surface area contributed by atoms with Gasteiger partial charge in [0.15, 0.2) is 46.5 Å². The lowest BCUT2D eigenvalue weighted by Crippen LogP contribution is -2.37. The van der Waals surface area contributed by atoms with Crippen molar-refractivity contribution < 1.29 is 57.9 Å². The van der Waals surface area contributed by atoms with Gasteiger partial charge in [0.1, 0.15) is 23.1 Å². The molecule has 5 aromatic rings. The molecule has 0 aliphatic rings. The number of hydrogen-bond donors (Lipinski definition) is 0. The molecule has 0 unspecified atom stereocenters. The van der Waals surface area contributed by atoms with E-state index in [-0.39, 0.29) is 0 Å². The molecule has 0 atom stereocenters. The van der Waals surface area contributed by atoms with Crippen molar-refractivity contribution in [2.24, 2.45) is 0 Å². The van der Waals surface area contributed by atoms with Crippen LogP contribution in [0.15, 0.2) is 54.6 Å². The van der Waals surface area contributed by atoms with E-state index in [1.807, 2.05) is 0 Å². The summed E-state index contributed by atoms with van der Waals surface area (Å²) in [7, 11) is -2.45. The normalized spacial score (nSPS) is 11.2. The average molecular weight is 570 g/mol. The highest BCUT2D eigenvalue weighted by Gasteiger charge is 2.35. The molecule has 14 heteroatoms. The van der Waals surface area contributed by atoms with E-state index in [1.165, 1.54) is 0 Å². The Morgan fingerprint density at radius 1 is 0.400 bits per heavy atom. The van der Waals surface area contributed by atoms with Crippen LogP contribution in [-0.2, 0) is 0 Å². The van der Waals surface area contributed by atoms with Gasteiger partial charge >= 0.3 is 7.32 Å². The van der Waals surface area contributed by atoms with Gasteiger partial charge in [0.25, 0.3) is 0 Å². The van der Waals surface area contributed by atoms with Crippen LogP contribution in [0.4, 0.5) is 43.9 Å². The molecule has 0 N–H and O–H groups in total. The Labute approximate surface area is 217 Å². The van der Waals surface area contributed by atoms with Crippen molar-refractivity contribution in [3.8, 4) is 17.2 Å². The van der Waals surface area contributed by atoms with Gasteiger partial charge in [-0.15, -0.1) is 0 Å². The molecule has 0 saturated carbocycles. The number of rotatable bonds is 6. The second-order valence-electron chi connectivity index (χ2n) is 8.10. The number of hydrogen-bond acceptors (Lipinski definition) is 3. The van der Waals surface area contributed by atoms with Crippen LogP contribution in [0.3, 0.4) is 0 Å². The zero-order valence-corrected chi connectivity index (χ0v) is 19.3. The van der Waals surface area contributed by atoms with E-state index in [2.05, 4.69) is 0 Å². The minimum atomic E-state index is -2.45.